The second kappa shape index (κ2) is 3.52. The van der Waals surface area contributed by atoms with Gasteiger partial charge in [0.1, 0.15) is 5.82 Å². The van der Waals surface area contributed by atoms with Crippen molar-refractivity contribution < 1.29 is 9.18 Å². The van der Waals surface area contributed by atoms with E-state index in [4.69, 9.17) is 0 Å². The molecule has 1 aromatic rings. The fourth-order valence-electron chi connectivity index (χ4n) is 1.63. The van der Waals surface area contributed by atoms with Crippen molar-refractivity contribution in [1.82, 2.24) is 0 Å². The highest BCUT2D eigenvalue weighted by molar-refractivity contribution is 5.94. The lowest BCUT2D eigenvalue weighted by atomic mass is 10.0. The van der Waals surface area contributed by atoms with Crippen molar-refractivity contribution in [1.29, 1.82) is 0 Å². The first-order valence-corrected chi connectivity index (χ1v) is 4.96. The van der Waals surface area contributed by atoms with Crippen LogP contribution in [0.3, 0.4) is 0 Å². The van der Waals surface area contributed by atoms with Crippen LogP contribution >= 0.6 is 0 Å². The van der Waals surface area contributed by atoms with E-state index in [1.54, 1.807) is 6.07 Å². The molecular formula is C12H13FO. The summed E-state index contributed by atoms with van der Waals surface area (Å²) in [6.07, 6.45) is 3.47. The van der Waals surface area contributed by atoms with E-state index in [9.17, 15) is 9.18 Å². The molecule has 2 rings (SSSR count). The molecule has 1 aliphatic carbocycles. The van der Waals surface area contributed by atoms with Crippen molar-refractivity contribution in [3.63, 3.8) is 0 Å². The number of rotatable bonds is 3. The molecule has 1 fully saturated rings. The van der Waals surface area contributed by atoms with Crippen LogP contribution in [-0.2, 0) is 6.42 Å². The summed E-state index contributed by atoms with van der Waals surface area (Å²) >= 11 is 0. The normalized spacial score (nSPS) is 15.6. The number of hydrogen-bond acceptors (Lipinski definition) is 1. The molecule has 0 saturated heterocycles. The lowest BCUT2D eigenvalue weighted by Gasteiger charge is -2.02. The molecule has 0 bridgehead atoms. The van der Waals surface area contributed by atoms with Gasteiger partial charge in [0.25, 0.3) is 0 Å². The molecule has 0 unspecified atom stereocenters. The summed E-state index contributed by atoms with van der Waals surface area (Å²) < 4.78 is 13.4. The summed E-state index contributed by atoms with van der Waals surface area (Å²) in [7, 11) is 0. The van der Waals surface area contributed by atoms with Gasteiger partial charge in [-0.05, 0) is 49.8 Å². The number of hydrogen-bond donors (Lipinski definition) is 0. The second-order valence-corrected chi connectivity index (χ2v) is 4.02. The SMILES string of the molecule is CC(=O)c1ccc(CC2CC2)cc1F. The molecule has 0 atom stereocenters. The van der Waals surface area contributed by atoms with E-state index in [0.29, 0.717) is 0 Å². The topological polar surface area (TPSA) is 17.1 Å². The molecule has 1 saturated carbocycles. The number of carbonyl (C=O) groups is 1. The molecule has 0 amide bonds. The van der Waals surface area contributed by atoms with Gasteiger partial charge in [-0.25, -0.2) is 4.39 Å². The average Bonchev–Trinajstić information content (AvgIpc) is 2.87. The van der Waals surface area contributed by atoms with Gasteiger partial charge >= 0.3 is 0 Å². The summed E-state index contributed by atoms with van der Waals surface area (Å²) in [6.45, 7) is 1.39. The minimum atomic E-state index is -0.379. The number of Topliss-reactive ketones (excluding diaryl/α,β-unsaturated/α-hetero) is 1. The van der Waals surface area contributed by atoms with Gasteiger partial charge in [-0.2, -0.15) is 0 Å². The predicted molar refractivity (Wildman–Crippen MR) is 52.8 cm³/mol. The van der Waals surface area contributed by atoms with Crippen molar-refractivity contribution in [3.05, 3.63) is 35.1 Å². The van der Waals surface area contributed by atoms with E-state index in [2.05, 4.69) is 0 Å². The van der Waals surface area contributed by atoms with Gasteiger partial charge in [-0.3, -0.25) is 4.79 Å². The van der Waals surface area contributed by atoms with Crippen LogP contribution in [0.15, 0.2) is 18.2 Å². The van der Waals surface area contributed by atoms with Crippen LogP contribution in [0.4, 0.5) is 4.39 Å². The van der Waals surface area contributed by atoms with Crippen LogP contribution in [0.5, 0.6) is 0 Å². The Bertz CT molecular complexity index is 367. The number of carbonyl (C=O) groups excluding carboxylic acids is 1. The molecular weight excluding hydrogens is 179 g/mol. The van der Waals surface area contributed by atoms with Crippen LogP contribution in [0.25, 0.3) is 0 Å². The Morgan fingerprint density at radius 2 is 2.21 bits per heavy atom. The van der Waals surface area contributed by atoms with Crippen LogP contribution in [0, 0.1) is 11.7 Å². The number of ketones is 1. The van der Waals surface area contributed by atoms with E-state index >= 15 is 0 Å². The van der Waals surface area contributed by atoms with Gasteiger partial charge in [0, 0.05) is 0 Å². The van der Waals surface area contributed by atoms with E-state index in [0.717, 1.165) is 17.9 Å². The monoisotopic (exact) mass is 192 g/mol. The maximum absolute atomic E-state index is 13.4. The smallest absolute Gasteiger partial charge is 0.162 e. The third-order valence-electron chi connectivity index (χ3n) is 2.63. The Kier molecular flexibility index (Phi) is 2.36. The second-order valence-electron chi connectivity index (χ2n) is 4.02. The van der Waals surface area contributed by atoms with Gasteiger partial charge < -0.3 is 0 Å². The highest BCUT2D eigenvalue weighted by Crippen LogP contribution is 2.32. The van der Waals surface area contributed by atoms with Crippen LogP contribution in [0.2, 0.25) is 0 Å². The zero-order valence-corrected chi connectivity index (χ0v) is 8.22. The van der Waals surface area contributed by atoms with E-state index in [-0.39, 0.29) is 17.2 Å². The minimum absolute atomic E-state index is 0.199. The molecule has 0 N–H and O–H groups in total. The third-order valence-corrected chi connectivity index (χ3v) is 2.63. The quantitative estimate of drug-likeness (QED) is 0.673. The molecule has 74 valence electrons. The maximum Gasteiger partial charge on any atom is 0.162 e. The molecule has 0 heterocycles. The van der Waals surface area contributed by atoms with Crippen LogP contribution < -0.4 is 0 Å². The first kappa shape index (κ1) is 9.38. The average molecular weight is 192 g/mol. The minimum Gasteiger partial charge on any atom is -0.294 e. The van der Waals surface area contributed by atoms with Gasteiger partial charge in [0.05, 0.1) is 5.56 Å². The van der Waals surface area contributed by atoms with E-state index in [1.807, 2.05) is 6.07 Å². The fraction of sp³-hybridized carbons (Fsp3) is 0.417. The van der Waals surface area contributed by atoms with Crippen LogP contribution in [0.1, 0.15) is 35.7 Å². The number of halogens is 1. The molecule has 1 aliphatic rings. The predicted octanol–water partition coefficient (Wildman–Crippen LogP) is 2.98. The van der Waals surface area contributed by atoms with Gasteiger partial charge in [-0.15, -0.1) is 0 Å². The molecule has 2 heteroatoms. The lowest BCUT2D eigenvalue weighted by molar-refractivity contribution is 0.101. The van der Waals surface area contributed by atoms with Crippen molar-refractivity contribution >= 4 is 5.78 Å². The first-order chi connectivity index (χ1) is 6.66. The highest BCUT2D eigenvalue weighted by atomic mass is 19.1. The Hall–Kier alpha value is -1.18. The maximum atomic E-state index is 13.4. The summed E-state index contributed by atoms with van der Waals surface area (Å²) in [6, 6.07) is 4.95. The molecule has 1 nitrogen and oxygen atoms in total. The molecule has 0 aromatic heterocycles. The third kappa shape index (κ3) is 2.00. The Balaban J connectivity index is 2.20. The van der Waals surface area contributed by atoms with Crippen LogP contribution in [-0.4, -0.2) is 5.78 Å². The number of benzene rings is 1. The molecule has 14 heavy (non-hydrogen) atoms. The standard InChI is InChI=1S/C12H13FO/c1-8(14)11-5-4-10(7-12(11)13)6-9-2-3-9/h4-5,7,9H,2-3,6H2,1H3. The molecule has 1 aromatic carbocycles. The summed E-state index contributed by atoms with van der Waals surface area (Å²) in [4.78, 5) is 11.0. The highest BCUT2D eigenvalue weighted by Gasteiger charge is 2.21. The van der Waals surface area contributed by atoms with Crippen molar-refractivity contribution in [2.24, 2.45) is 5.92 Å². The Labute approximate surface area is 82.9 Å². The van der Waals surface area contributed by atoms with E-state index in [1.165, 1.54) is 25.8 Å². The van der Waals surface area contributed by atoms with Crippen molar-refractivity contribution in [2.45, 2.75) is 26.2 Å². The summed E-state index contributed by atoms with van der Waals surface area (Å²) in [5.41, 5.74) is 1.21. The Morgan fingerprint density at radius 3 is 2.71 bits per heavy atom. The van der Waals surface area contributed by atoms with Crippen molar-refractivity contribution in [3.8, 4) is 0 Å². The Morgan fingerprint density at radius 1 is 1.50 bits per heavy atom. The molecule has 0 aliphatic heterocycles. The van der Waals surface area contributed by atoms with Crippen molar-refractivity contribution in [2.75, 3.05) is 0 Å². The largest absolute Gasteiger partial charge is 0.294 e. The van der Waals surface area contributed by atoms with Gasteiger partial charge in [-0.1, -0.05) is 6.07 Å². The fourth-order valence-corrected chi connectivity index (χ4v) is 1.63. The summed E-state index contributed by atoms with van der Waals surface area (Å²) in [5, 5.41) is 0. The van der Waals surface area contributed by atoms with Gasteiger partial charge in [0.15, 0.2) is 5.78 Å². The van der Waals surface area contributed by atoms with E-state index < -0.39 is 0 Å². The zero-order valence-electron chi connectivity index (χ0n) is 8.22. The lowest BCUT2D eigenvalue weighted by Crippen LogP contribution is -1.98. The summed E-state index contributed by atoms with van der Waals surface area (Å²) in [5.74, 6) is 0.161. The van der Waals surface area contributed by atoms with Gasteiger partial charge in [0.2, 0.25) is 0 Å². The molecule has 0 radical (unpaired) electrons. The zero-order chi connectivity index (χ0) is 10.1. The first-order valence-electron chi connectivity index (χ1n) is 4.96. The molecule has 0 spiro atoms.